The minimum absolute atomic E-state index is 0.160. The van der Waals surface area contributed by atoms with E-state index in [1.165, 1.54) is 11.3 Å². The highest BCUT2D eigenvalue weighted by molar-refractivity contribution is 7.14. The number of anilines is 2. The van der Waals surface area contributed by atoms with Crippen LogP contribution in [0.3, 0.4) is 0 Å². The maximum absolute atomic E-state index is 11.8. The summed E-state index contributed by atoms with van der Waals surface area (Å²) in [5, 5.41) is 8.08. The molecule has 0 saturated carbocycles. The summed E-state index contributed by atoms with van der Waals surface area (Å²) in [4.78, 5) is 24.1. The molecule has 0 spiro atoms. The Morgan fingerprint density at radius 2 is 2.11 bits per heavy atom. The van der Waals surface area contributed by atoms with E-state index in [1.54, 1.807) is 23.8 Å². The smallest absolute Gasteiger partial charge is 0.270 e. The Morgan fingerprint density at radius 1 is 1.37 bits per heavy atom. The van der Waals surface area contributed by atoms with Crippen molar-refractivity contribution in [3.63, 3.8) is 0 Å². The number of thiazole rings is 1. The average Bonchev–Trinajstić information content (AvgIpc) is 2.85. The van der Waals surface area contributed by atoms with Crippen molar-refractivity contribution in [3.05, 3.63) is 29.5 Å². The average molecular weight is 277 g/mol. The van der Waals surface area contributed by atoms with Crippen LogP contribution < -0.4 is 10.6 Å². The van der Waals surface area contributed by atoms with Crippen LogP contribution in [0.1, 0.15) is 24.3 Å². The van der Waals surface area contributed by atoms with Gasteiger partial charge in [-0.25, -0.2) is 15.0 Å². The van der Waals surface area contributed by atoms with Gasteiger partial charge in [-0.1, -0.05) is 13.8 Å². The van der Waals surface area contributed by atoms with Gasteiger partial charge in [-0.3, -0.25) is 4.79 Å². The molecule has 2 aromatic heterocycles. The molecule has 0 unspecified atom stereocenters. The molecular weight excluding hydrogens is 262 g/mol. The van der Waals surface area contributed by atoms with E-state index >= 15 is 0 Å². The molecule has 0 saturated heterocycles. The van der Waals surface area contributed by atoms with Crippen molar-refractivity contribution in [1.29, 1.82) is 0 Å². The molecule has 0 atom stereocenters. The van der Waals surface area contributed by atoms with Crippen molar-refractivity contribution < 1.29 is 4.79 Å². The molecule has 0 bridgehead atoms. The van der Waals surface area contributed by atoms with Gasteiger partial charge in [0.25, 0.3) is 5.91 Å². The Hall–Kier alpha value is -2.02. The van der Waals surface area contributed by atoms with Crippen LogP contribution in [0.5, 0.6) is 0 Å². The van der Waals surface area contributed by atoms with Gasteiger partial charge in [-0.2, -0.15) is 0 Å². The number of nitrogens with one attached hydrogen (secondary N) is 2. The van der Waals surface area contributed by atoms with Crippen molar-refractivity contribution in [3.8, 4) is 0 Å². The normalized spacial score (nSPS) is 10.5. The largest absolute Gasteiger partial charge is 0.350 e. The van der Waals surface area contributed by atoms with E-state index in [9.17, 15) is 4.79 Å². The predicted molar refractivity (Wildman–Crippen MR) is 74.6 cm³/mol. The van der Waals surface area contributed by atoms with Crippen LogP contribution in [0, 0.1) is 5.92 Å². The monoisotopic (exact) mass is 277 g/mol. The number of carbonyl (C=O) groups excluding carboxylic acids is 1. The van der Waals surface area contributed by atoms with Gasteiger partial charge in [0.1, 0.15) is 5.69 Å². The van der Waals surface area contributed by atoms with Crippen LogP contribution >= 0.6 is 11.3 Å². The maximum Gasteiger partial charge on any atom is 0.270 e. The lowest BCUT2D eigenvalue weighted by atomic mass is 10.2. The van der Waals surface area contributed by atoms with E-state index in [0.29, 0.717) is 29.2 Å². The van der Waals surface area contributed by atoms with E-state index in [0.717, 1.165) is 0 Å². The zero-order valence-electron chi connectivity index (χ0n) is 10.8. The number of hydrogen-bond donors (Lipinski definition) is 2. The standard InChI is InChI=1S/C12H15N5OS/c1-8(2)6-15-10(18)9-7-19-12(16-9)17-11-13-4-3-5-14-11/h3-5,7-8H,6H2,1-2H3,(H,15,18)(H,13,14,16,17). The van der Waals surface area contributed by atoms with Gasteiger partial charge in [0.2, 0.25) is 5.95 Å². The van der Waals surface area contributed by atoms with Gasteiger partial charge in [0.05, 0.1) is 0 Å². The second-order valence-electron chi connectivity index (χ2n) is 4.34. The van der Waals surface area contributed by atoms with Crippen LogP contribution in [0.25, 0.3) is 0 Å². The molecule has 2 aromatic rings. The SMILES string of the molecule is CC(C)CNC(=O)c1csc(Nc2ncccn2)n1. The zero-order valence-corrected chi connectivity index (χ0v) is 11.6. The summed E-state index contributed by atoms with van der Waals surface area (Å²) >= 11 is 1.34. The van der Waals surface area contributed by atoms with Crippen molar-refractivity contribution in [2.24, 2.45) is 5.92 Å². The summed E-state index contributed by atoms with van der Waals surface area (Å²) in [6.07, 6.45) is 3.28. The van der Waals surface area contributed by atoms with Crippen LogP contribution in [0.4, 0.5) is 11.1 Å². The van der Waals surface area contributed by atoms with Gasteiger partial charge in [0, 0.05) is 24.3 Å². The Bertz CT molecular complexity index is 540. The molecule has 100 valence electrons. The third-order valence-electron chi connectivity index (χ3n) is 2.19. The van der Waals surface area contributed by atoms with Gasteiger partial charge in [-0.15, -0.1) is 11.3 Å². The van der Waals surface area contributed by atoms with Gasteiger partial charge in [0.15, 0.2) is 5.13 Å². The topological polar surface area (TPSA) is 79.8 Å². The van der Waals surface area contributed by atoms with E-state index in [4.69, 9.17) is 0 Å². The van der Waals surface area contributed by atoms with Gasteiger partial charge in [-0.05, 0) is 12.0 Å². The molecule has 1 amide bonds. The Kier molecular flexibility index (Phi) is 4.40. The first kappa shape index (κ1) is 13.4. The molecule has 2 rings (SSSR count). The van der Waals surface area contributed by atoms with Crippen LogP contribution in [0.15, 0.2) is 23.8 Å². The lowest BCUT2D eigenvalue weighted by Gasteiger charge is -2.05. The van der Waals surface area contributed by atoms with E-state index < -0.39 is 0 Å². The number of rotatable bonds is 5. The summed E-state index contributed by atoms with van der Waals surface area (Å²) in [6.45, 7) is 4.73. The highest BCUT2D eigenvalue weighted by atomic mass is 32.1. The number of hydrogen-bond acceptors (Lipinski definition) is 6. The molecule has 19 heavy (non-hydrogen) atoms. The summed E-state index contributed by atoms with van der Waals surface area (Å²) in [6, 6.07) is 1.73. The first-order chi connectivity index (χ1) is 9.15. The van der Waals surface area contributed by atoms with E-state index in [1.807, 2.05) is 13.8 Å². The predicted octanol–water partition coefficient (Wildman–Crippen LogP) is 2.06. The Balaban J connectivity index is 1.97. The highest BCUT2D eigenvalue weighted by Gasteiger charge is 2.11. The molecule has 0 aliphatic rings. The first-order valence-electron chi connectivity index (χ1n) is 5.93. The minimum atomic E-state index is -0.160. The van der Waals surface area contributed by atoms with Crippen LogP contribution in [-0.2, 0) is 0 Å². The molecule has 7 heteroatoms. The molecule has 2 N–H and O–H groups in total. The lowest BCUT2D eigenvalue weighted by molar-refractivity contribution is 0.0945. The number of nitrogens with zero attached hydrogens (tertiary/aromatic N) is 3. The molecular formula is C12H15N5OS. The maximum atomic E-state index is 11.8. The third kappa shape index (κ3) is 3.99. The third-order valence-corrected chi connectivity index (χ3v) is 2.95. The summed E-state index contributed by atoms with van der Waals surface area (Å²) < 4.78 is 0. The minimum Gasteiger partial charge on any atom is -0.350 e. The summed E-state index contributed by atoms with van der Waals surface area (Å²) in [5.74, 6) is 0.718. The molecule has 0 aliphatic heterocycles. The van der Waals surface area contributed by atoms with E-state index in [-0.39, 0.29) is 5.91 Å². The highest BCUT2D eigenvalue weighted by Crippen LogP contribution is 2.18. The van der Waals surface area contributed by atoms with Crippen molar-refractivity contribution in [2.75, 3.05) is 11.9 Å². The summed E-state index contributed by atoms with van der Waals surface area (Å²) in [5.41, 5.74) is 0.407. The Morgan fingerprint density at radius 3 is 2.79 bits per heavy atom. The second-order valence-corrected chi connectivity index (χ2v) is 5.20. The molecule has 0 fully saturated rings. The fourth-order valence-electron chi connectivity index (χ4n) is 1.28. The van der Waals surface area contributed by atoms with Crippen LogP contribution in [0.2, 0.25) is 0 Å². The molecule has 0 radical (unpaired) electrons. The second kappa shape index (κ2) is 6.24. The molecule has 0 aromatic carbocycles. The van der Waals surface area contributed by atoms with Crippen molar-refractivity contribution in [1.82, 2.24) is 20.3 Å². The first-order valence-corrected chi connectivity index (χ1v) is 6.81. The van der Waals surface area contributed by atoms with Crippen molar-refractivity contribution in [2.45, 2.75) is 13.8 Å². The zero-order chi connectivity index (χ0) is 13.7. The molecule has 0 aliphatic carbocycles. The fourth-order valence-corrected chi connectivity index (χ4v) is 1.97. The molecule has 2 heterocycles. The van der Waals surface area contributed by atoms with Crippen molar-refractivity contribution >= 4 is 28.3 Å². The fraction of sp³-hybridized carbons (Fsp3) is 0.333. The summed E-state index contributed by atoms with van der Waals surface area (Å²) in [7, 11) is 0. The quantitative estimate of drug-likeness (QED) is 0.874. The van der Waals surface area contributed by atoms with Gasteiger partial charge >= 0.3 is 0 Å². The van der Waals surface area contributed by atoms with E-state index in [2.05, 4.69) is 25.6 Å². The van der Waals surface area contributed by atoms with Crippen LogP contribution in [-0.4, -0.2) is 27.4 Å². The Labute approximate surface area is 115 Å². The molecule has 6 nitrogen and oxygen atoms in total. The number of aromatic nitrogens is 3. The van der Waals surface area contributed by atoms with Gasteiger partial charge < -0.3 is 10.6 Å². The number of carbonyl (C=O) groups is 1. The lowest BCUT2D eigenvalue weighted by Crippen LogP contribution is -2.27. The number of amides is 1.